The van der Waals surface area contributed by atoms with Crippen molar-refractivity contribution in [2.24, 2.45) is 0 Å². The van der Waals surface area contributed by atoms with E-state index in [0.29, 0.717) is 5.69 Å². The average molecular weight is 325 g/mol. The maximum absolute atomic E-state index is 13.2. The summed E-state index contributed by atoms with van der Waals surface area (Å²) in [6.45, 7) is 0.720. The van der Waals surface area contributed by atoms with E-state index in [1.54, 1.807) is 12.1 Å². The van der Waals surface area contributed by atoms with E-state index >= 15 is 0 Å². The van der Waals surface area contributed by atoms with Gasteiger partial charge in [0.25, 0.3) is 5.91 Å². The molecule has 24 heavy (non-hydrogen) atoms. The minimum absolute atomic E-state index is 0.0647. The van der Waals surface area contributed by atoms with Crippen LogP contribution in [0.5, 0.6) is 0 Å². The molecule has 3 aromatic rings. The van der Waals surface area contributed by atoms with Crippen molar-refractivity contribution in [1.82, 2.24) is 0 Å². The Bertz CT molecular complexity index is 849. The average Bonchev–Trinajstić information content (AvgIpc) is 2.60. The van der Waals surface area contributed by atoms with Crippen molar-refractivity contribution < 1.29 is 18.1 Å². The van der Waals surface area contributed by atoms with Crippen molar-refractivity contribution in [1.29, 1.82) is 0 Å². The molecule has 0 aliphatic carbocycles. The molecular weight excluding hydrogens is 310 g/mol. The monoisotopic (exact) mass is 325 g/mol. The van der Waals surface area contributed by atoms with Gasteiger partial charge < -0.3 is 5.32 Å². The van der Waals surface area contributed by atoms with Crippen molar-refractivity contribution in [2.75, 3.05) is 5.32 Å². The van der Waals surface area contributed by atoms with Crippen molar-refractivity contribution in [2.45, 2.75) is 6.54 Å². The zero-order valence-electron chi connectivity index (χ0n) is 12.7. The van der Waals surface area contributed by atoms with Gasteiger partial charge >= 0.3 is 0 Å². The SMILES string of the molecule is O=C(Nc1cc[n+](Cc2ccccc2)cc1)c1ccc(F)c(F)c1. The Morgan fingerprint density at radius 1 is 0.917 bits per heavy atom. The van der Waals surface area contributed by atoms with Gasteiger partial charge in [0.2, 0.25) is 0 Å². The Kier molecular flexibility index (Phi) is 4.61. The Morgan fingerprint density at radius 3 is 2.29 bits per heavy atom. The van der Waals surface area contributed by atoms with Crippen LogP contribution in [-0.2, 0) is 6.54 Å². The van der Waals surface area contributed by atoms with Gasteiger partial charge in [0.1, 0.15) is 0 Å². The van der Waals surface area contributed by atoms with Crippen LogP contribution in [0.1, 0.15) is 15.9 Å². The molecule has 0 spiro atoms. The van der Waals surface area contributed by atoms with Crippen LogP contribution in [0.25, 0.3) is 0 Å². The molecule has 0 bridgehead atoms. The van der Waals surface area contributed by atoms with Gasteiger partial charge in [-0.25, -0.2) is 13.3 Å². The molecule has 3 nitrogen and oxygen atoms in total. The van der Waals surface area contributed by atoms with E-state index in [0.717, 1.165) is 18.7 Å². The van der Waals surface area contributed by atoms with Crippen molar-refractivity contribution in [3.05, 3.63) is 95.8 Å². The highest BCUT2D eigenvalue weighted by molar-refractivity contribution is 6.04. The fourth-order valence-electron chi connectivity index (χ4n) is 2.28. The molecule has 0 saturated carbocycles. The largest absolute Gasteiger partial charge is 0.322 e. The zero-order chi connectivity index (χ0) is 16.9. The minimum atomic E-state index is -1.04. The number of anilines is 1. The lowest BCUT2D eigenvalue weighted by Crippen LogP contribution is -2.33. The van der Waals surface area contributed by atoms with E-state index in [1.165, 1.54) is 11.6 Å². The van der Waals surface area contributed by atoms with Gasteiger partial charge in [-0.1, -0.05) is 30.3 Å². The molecule has 3 rings (SSSR count). The van der Waals surface area contributed by atoms with Crippen molar-refractivity contribution >= 4 is 11.6 Å². The highest BCUT2D eigenvalue weighted by Gasteiger charge is 2.11. The van der Waals surface area contributed by atoms with E-state index in [1.807, 2.05) is 47.3 Å². The van der Waals surface area contributed by atoms with E-state index in [-0.39, 0.29) is 5.56 Å². The van der Waals surface area contributed by atoms with Crippen molar-refractivity contribution in [3.8, 4) is 0 Å². The summed E-state index contributed by atoms with van der Waals surface area (Å²) in [5.74, 6) is -2.51. The van der Waals surface area contributed by atoms with Crippen LogP contribution in [-0.4, -0.2) is 5.91 Å². The molecule has 2 aromatic carbocycles. The molecule has 0 aliphatic rings. The van der Waals surface area contributed by atoms with E-state index in [4.69, 9.17) is 0 Å². The van der Waals surface area contributed by atoms with Gasteiger partial charge in [-0.15, -0.1) is 0 Å². The van der Waals surface area contributed by atoms with Crippen LogP contribution in [0, 0.1) is 11.6 Å². The fourth-order valence-corrected chi connectivity index (χ4v) is 2.28. The third-order valence-corrected chi connectivity index (χ3v) is 3.54. The lowest BCUT2D eigenvalue weighted by atomic mass is 10.2. The smallest absolute Gasteiger partial charge is 0.255 e. The first-order valence-corrected chi connectivity index (χ1v) is 7.41. The quantitative estimate of drug-likeness (QED) is 0.731. The first kappa shape index (κ1) is 15.8. The maximum atomic E-state index is 13.2. The van der Waals surface area contributed by atoms with E-state index in [2.05, 4.69) is 5.32 Å². The summed E-state index contributed by atoms with van der Waals surface area (Å²) in [5, 5.41) is 2.65. The highest BCUT2D eigenvalue weighted by atomic mass is 19.2. The summed E-state index contributed by atoms with van der Waals surface area (Å²) in [6, 6.07) is 16.5. The Balaban J connectivity index is 1.67. The lowest BCUT2D eigenvalue weighted by Gasteiger charge is -2.05. The molecule has 0 saturated heterocycles. The lowest BCUT2D eigenvalue weighted by molar-refractivity contribution is -0.688. The number of nitrogens with zero attached hydrogens (tertiary/aromatic N) is 1. The van der Waals surface area contributed by atoms with Gasteiger partial charge in [-0.2, -0.15) is 0 Å². The van der Waals surface area contributed by atoms with Gasteiger partial charge in [-0.05, 0) is 18.2 Å². The molecule has 1 amide bonds. The molecule has 0 fully saturated rings. The number of carbonyl (C=O) groups is 1. The summed E-state index contributed by atoms with van der Waals surface area (Å²) < 4.78 is 28.1. The number of pyridine rings is 1. The third kappa shape index (κ3) is 3.81. The van der Waals surface area contributed by atoms with Crippen LogP contribution in [0.3, 0.4) is 0 Å². The van der Waals surface area contributed by atoms with Gasteiger partial charge in [0.05, 0.1) is 5.69 Å². The highest BCUT2D eigenvalue weighted by Crippen LogP contribution is 2.11. The second kappa shape index (κ2) is 7.00. The number of hydrogen-bond donors (Lipinski definition) is 1. The Morgan fingerprint density at radius 2 is 1.62 bits per heavy atom. The van der Waals surface area contributed by atoms with Gasteiger partial charge in [0, 0.05) is 23.3 Å². The van der Waals surface area contributed by atoms with E-state index in [9.17, 15) is 13.6 Å². The van der Waals surface area contributed by atoms with Crippen molar-refractivity contribution in [3.63, 3.8) is 0 Å². The number of nitrogens with one attached hydrogen (secondary N) is 1. The number of halogens is 2. The summed E-state index contributed by atoms with van der Waals surface area (Å²) in [5.41, 5.74) is 1.81. The van der Waals surface area contributed by atoms with Crippen LogP contribution in [0.4, 0.5) is 14.5 Å². The fraction of sp³-hybridized carbons (Fsp3) is 0.0526. The molecule has 1 heterocycles. The number of rotatable bonds is 4. The zero-order valence-corrected chi connectivity index (χ0v) is 12.7. The standard InChI is InChI=1S/C19H14F2N2O/c20-17-7-6-15(12-18(17)21)19(24)22-16-8-10-23(11-9-16)13-14-4-2-1-3-5-14/h1-12H,13H2/p+1. The van der Waals surface area contributed by atoms with Gasteiger partial charge in [-0.3, -0.25) is 4.79 Å². The predicted octanol–water partition coefficient (Wildman–Crippen LogP) is 3.55. The molecule has 0 radical (unpaired) electrons. The molecule has 5 heteroatoms. The van der Waals surface area contributed by atoms with Crippen LogP contribution >= 0.6 is 0 Å². The summed E-state index contributed by atoms with van der Waals surface area (Å²) >= 11 is 0. The first-order chi connectivity index (χ1) is 11.6. The second-order valence-corrected chi connectivity index (χ2v) is 5.33. The third-order valence-electron chi connectivity index (χ3n) is 3.54. The first-order valence-electron chi connectivity index (χ1n) is 7.41. The number of hydrogen-bond acceptors (Lipinski definition) is 1. The summed E-state index contributed by atoms with van der Waals surface area (Å²) in [6.07, 6.45) is 3.68. The number of aromatic nitrogens is 1. The van der Waals surface area contributed by atoms with Crippen LogP contribution < -0.4 is 9.88 Å². The van der Waals surface area contributed by atoms with E-state index < -0.39 is 17.5 Å². The minimum Gasteiger partial charge on any atom is -0.322 e. The summed E-state index contributed by atoms with van der Waals surface area (Å²) in [7, 11) is 0. The molecular formula is C19H15F2N2O+. The number of benzene rings is 2. The molecule has 1 aromatic heterocycles. The molecule has 1 N–H and O–H groups in total. The number of carbonyl (C=O) groups excluding carboxylic acids is 1. The normalized spacial score (nSPS) is 10.4. The van der Waals surface area contributed by atoms with Crippen LogP contribution in [0.15, 0.2) is 73.1 Å². The molecule has 0 unspecified atom stereocenters. The maximum Gasteiger partial charge on any atom is 0.255 e. The molecule has 0 atom stereocenters. The summed E-state index contributed by atoms with van der Waals surface area (Å²) in [4.78, 5) is 12.0. The topological polar surface area (TPSA) is 33.0 Å². The predicted molar refractivity (Wildman–Crippen MR) is 86.5 cm³/mol. The van der Waals surface area contributed by atoms with Crippen LogP contribution in [0.2, 0.25) is 0 Å². The number of amides is 1. The Hall–Kier alpha value is -3.08. The molecule has 0 aliphatic heterocycles. The Labute approximate surface area is 138 Å². The second-order valence-electron chi connectivity index (χ2n) is 5.33. The van der Waals surface area contributed by atoms with Gasteiger partial charge in [0.15, 0.2) is 30.6 Å². The molecule has 120 valence electrons.